The summed E-state index contributed by atoms with van der Waals surface area (Å²) >= 11 is 0. The second kappa shape index (κ2) is 11.9. The van der Waals surface area contributed by atoms with Crippen molar-refractivity contribution in [1.29, 1.82) is 0 Å². The first-order valence-electron chi connectivity index (χ1n) is 10.4. The van der Waals surface area contributed by atoms with Crippen LogP contribution in [-0.2, 0) is 11.3 Å². The number of aliphatic hydroxyl groups excluding tert-OH is 1. The van der Waals surface area contributed by atoms with Crippen LogP contribution in [0.3, 0.4) is 0 Å². The minimum Gasteiger partial charge on any atom is -0.491 e. The quantitative estimate of drug-likeness (QED) is 0.486. The van der Waals surface area contributed by atoms with E-state index in [0.717, 1.165) is 41.9 Å². The Morgan fingerprint density at radius 1 is 0.929 bits per heavy atom. The predicted octanol–water partition coefficient (Wildman–Crippen LogP) is 6.34. The Labute approximate surface area is 170 Å². The highest BCUT2D eigenvalue weighted by Gasteiger charge is 2.19. The third-order valence-corrected chi connectivity index (χ3v) is 5.43. The van der Waals surface area contributed by atoms with E-state index in [1.807, 2.05) is 12.1 Å². The lowest BCUT2D eigenvalue weighted by Crippen LogP contribution is -2.07. The lowest BCUT2D eigenvalue weighted by atomic mass is 9.90. The number of unbranched alkanes of at least 4 members (excludes halogenated alkanes) is 1. The van der Waals surface area contributed by atoms with E-state index in [-0.39, 0.29) is 14.0 Å². The first-order chi connectivity index (χ1) is 13.3. The van der Waals surface area contributed by atoms with Crippen molar-refractivity contribution in [2.45, 2.75) is 65.4 Å². The van der Waals surface area contributed by atoms with Crippen molar-refractivity contribution in [1.82, 2.24) is 0 Å². The summed E-state index contributed by atoms with van der Waals surface area (Å²) < 4.78 is 11.3. The minimum absolute atomic E-state index is 0. The molecular weight excluding hydrogens is 348 g/mol. The second-order valence-electron chi connectivity index (χ2n) is 7.39. The molecule has 2 aromatic rings. The molecule has 0 bridgehead atoms. The molecular formula is C25H36O3. The van der Waals surface area contributed by atoms with Gasteiger partial charge in [0.2, 0.25) is 0 Å². The molecule has 1 saturated carbocycles. The zero-order chi connectivity index (χ0) is 18.9. The van der Waals surface area contributed by atoms with Crippen LogP contribution in [0.15, 0.2) is 42.5 Å². The maximum absolute atomic E-state index is 9.84. The normalized spacial score (nSPS) is 14.1. The van der Waals surface area contributed by atoms with Gasteiger partial charge in [0.15, 0.2) is 0 Å². The molecule has 0 amide bonds. The molecule has 3 nitrogen and oxygen atoms in total. The molecule has 28 heavy (non-hydrogen) atoms. The molecule has 1 aliphatic rings. The van der Waals surface area contributed by atoms with Crippen LogP contribution in [0.1, 0.15) is 69.9 Å². The standard InChI is InChI=1S/C24H32O3.CH4/c1-2-3-14-26-15-16-27-23-11-8-19(9-12-23)21-10-13-24(22(17-21)18-25)20-6-4-5-7-20;/h8-13,17,20,25H,2-7,14-16,18H2,1H3;1H4. The maximum atomic E-state index is 9.84. The van der Waals surface area contributed by atoms with Crippen molar-refractivity contribution >= 4 is 0 Å². The fourth-order valence-corrected chi connectivity index (χ4v) is 3.87. The second-order valence-corrected chi connectivity index (χ2v) is 7.39. The van der Waals surface area contributed by atoms with Crippen LogP contribution in [-0.4, -0.2) is 24.9 Å². The third-order valence-electron chi connectivity index (χ3n) is 5.43. The summed E-state index contributed by atoms with van der Waals surface area (Å²) in [5.41, 5.74) is 4.70. The van der Waals surface area contributed by atoms with Crippen LogP contribution in [0, 0.1) is 0 Å². The highest BCUT2D eigenvalue weighted by atomic mass is 16.5. The lowest BCUT2D eigenvalue weighted by Gasteiger charge is -2.16. The van der Waals surface area contributed by atoms with Crippen molar-refractivity contribution in [2.75, 3.05) is 19.8 Å². The van der Waals surface area contributed by atoms with Crippen LogP contribution in [0.2, 0.25) is 0 Å². The minimum atomic E-state index is 0. The molecule has 0 aromatic heterocycles. The third kappa shape index (κ3) is 6.08. The average molecular weight is 385 g/mol. The van der Waals surface area contributed by atoms with E-state index in [0.29, 0.717) is 19.1 Å². The summed E-state index contributed by atoms with van der Waals surface area (Å²) in [4.78, 5) is 0. The van der Waals surface area contributed by atoms with Crippen molar-refractivity contribution in [2.24, 2.45) is 0 Å². The molecule has 3 rings (SSSR count). The number of benzene rings is 2. The SMILES string of the molecule is C.CCCCOCCOc1ccc(-c2ccc(C3CCCC3)c(CO)c2)cc1. The zero-order valence-electron chi connectivity index (χ0n) is 16.5. The van der Waals surface area contributed by atoms with Crippen molar-refractivity contribution in [3.63, 3.8) is 0 Å². The topological polar surface area (TPSA) is 38.7 Å². The molecule has 154 valence electrons. The fourth-order valence-electron chi connectivity index (χ4n) is 3.87. The van der Waals surface area contributed by atoms with Crippen molar-refractivity contribution in [3.05, 3.63) is 53.6 Å². The lowest BCUT2D eigenvalue weighted by molar-refractivity contribution is 0.0981. The van der Waals surface area contributed by atoms with Gasteiger partial charge in [0, 0.05) is 6.61 Å². The Kier molecular flexibility index (Phi) is 9.52. The molecule has 0 aliphatic heterocycles. The maximum Gasteiger partial charge on any atom is 0.119 e. The van der Waals surface area contributed by atoms with Crippen LogP contribution in [0.5, 0.6) is 5.75 Å². The number of aliphatic hydroxyl groups is 1. The summed E-state index contributed by atoms with van der Waals surface area (Å²) in [7, 11) is 0. The molecule has 0 saturated heterocycles. The number of ether oxygens (including phenoxy) is 2. The first kappa shape index (κ1) is 22.4. The summed E-state index contributed by atoms with van der Waals surface area (Å²) in [6, 6.07) is 14.7. The summed E-state index contributed by atoms with van der Waals surface area (Å²) in [6.07, 6.45) is 7.37. The average Bonchev–Trinajstić information content (AvgIpc) is 3.25. The smallest absolute Gasteiger partial charge is 0.119 e. The summed E-state index contributed by atoms with van der Waals surface area (Å²) in [5, 5.41) is 9.84. The molecule has 3 heteroatoms. The van der Waals surface area contributed by atoms with Gasteiger partial charge in [-0.15, -0.1) is 0 Å². The van der Waals surface area contributed by atoms with Crippen molar-refractivity contribution < 1.29 is 14.6 Å². The largest absolute Gasteiger partial charge is 0.491 e. The Morgan fingerprint density at radius 3 is 2.32 bits per heavy atom. The molecule has 0 heterocycles. The Hall–Kier alpha value is -1.84. The van der Waals surface area contributed by atoms with Gasteiger partial charge in [0.1, 0.15) is 12.4 Å². The van der Waals surface area contributed by atoms with Gasteiger partial charge >= 0.3 is 0 Å². The van der Waals surface area contributed by atoms with Gasteiger partial charge in [-0.05, 0) is 65.6 Å². The highest BCUT2D eigenvalue weighted by Crippen LogP contribution is 2.37. The van der Waals surface area contributed by atoms with Gasteiger partial charge in [0.05, 0.1) is 13.2 Å². The molecule has 1 fully saturated rings. The molecule has 0 radical (unpaired) electrons. The fraction of sp³-hybridized carbons (Fsp3) is 0.520. The molecule has 0 atom stereocenters. The van der Waals surface area contributed by atoms with Gasteiger partial charge in [-0.1, -0.05) is 57.9 Å². The molecule has 2 aromatic carbocycles. The van der Waals surface area contributed by atoms with Gasteiger partial charge in [0.25, 0.3) is 0 Å². The highest BCUT2D eigenvalue weighted by molar-refractivity contribution is 5.66. The van der Waals surface area contributed by atoms with Crippen LogP contribution in [0.4, 0.5) is 0 Å². The summed E-state index contributed by atoms with van der Waals surface area (Å²) in [5.74, 6) is 1.49. The van der Waals surface area contributed by atoms with Gasteiger partial charge < -0.3 is 14.6 Å². The van der Waals surface area contributed by atoms with E-state index in [2.05, 4.69) is 37.3 Å². The first-order valence-corrected chi connectivity index (χ1v) is 10.4. The van der Waals surface area contributed by atoms with Gasteiger partial charge in [-0.3, -0.25) is 0 Å². The molecule has 1 aliphatic carbocycles. The zero-order valence-corrected chi connectivity index (χ0v) is 16.5. The number of hydrogen-bond acceptors (Lipinski definition) is 3. The van der Waals surface area contributed by atoms with Crippen molar-refractivity contribution in [3.8, 4) is 16.9 Å². The predicted molar refractivity (Wildman–Crippen MR) is 117 cm³/mol. The monoisotopic (exact) mass is 384 g/mol. The van der Waals surface area contributed by atoms with E-state index in [1.54, 1.807) is 0 Å². The van der Waals surface area contributed by atoms with Gasteiger partial charge in [-0.25, -0.2) is 0 Å². The summed E-state index contributed by atoms with van der Waals surface area (Å²) in [6.45, 7) is 4.28. The van der Waals surface area contributed by atoms with Crippen LogP contribution in [0.25, 0.3) is 11.1 Å². The van der Waals surface area contributed by atoms with Gasteiger partial charge in [-0.2, -0.15) is 0 Å². The molecule has 1 N–H and O–H groups in total. The van der Waals surface area contributed by atoms with E-state index < -0.39 is 0 Å². The Morgan fingerprint density at radius 2 is 1.64 bits per heavy atom. The van der Waals surface area contributed by atoms with E-state index in [9.17, 15) is 5.11 Å². The van der Waals surface area contributed by atoms with E-state index in [1.165, 1.54) is 31.2 Å². The van der Waals surface area contributed by atoms with E-state index >= 15 is 0 Å². The number of hydrogen-bond donors (Lipinski definition) is 1. The van der Waals surface area contributed by atoms with Crippen LogP contribution < -0.4 is 4.74 Å². The Bertz CT molecular complexity index is 687. The molecule has 0 unspecified atom stereocenters. The number of rotatable bonds is 10. The molecule has 0 spiro atoms. The van der Waals surface area contributed by atoms with Crippen LogP contribution >= 0.6 is 0 Å². The Balaban J connectivity index is 0.00000280. The van der Waals surface area contributed by atoms with E-state index in [4.69, 9.17) is 9.47 Å².